The molecule has 0 radical (unpaired) electrons. The van der Waals surface area contributed by atoms with Gasteiger partial charge in [0.2, 0.25) is 5.91 Å². The zero-order valence-electron chi connectivity index (χ0n) is 11.5. The minimum atomic E-state index is -1.21. The Morgan fingerprint density at radius 1 is 1.21 bits per heavy atom. The van der Waals surface area contributed by atoms with Gasteiger partial charge in [-0.1, -0.05) is 26.7 Å². The Morgan fingerprint density at radius 3 is 2.32 bits per heavy atom. The van der Waals surface area contributed by atoms with Crippen LogP contribution in [0.25, 0.3) is 0 Å². The van der Waals surface area contributed by atoms with Gasteiger partial charge < -0.3 is 15.5 Å². The van der Waals surface area contributed by atoms with Crippen molar-refractivity contribution in [1.29, 1.82) is 0 Å². The first-order valence-electron chi connectivity index (χ1n) is 6.57. The quantitative estimate of drug-likeness (QED) is 0.402. The van der Waals surface area contributed by atoms with Crippen molar-refractivity contribution in [2.45, 2.75) is 52.0 Å². The Kier molecular flexibility index (Phi) is 8.78. The Hall–Kier alpha value is -1.43. The van der Waals surface area contributed by atoms with Gasteiger partial charge in [0.25, 0.3) is 0 Å². The molecule has 0 aromatic heterocycles. The number of aliphatic hydroxyl groups is 1. The van der Waals surface area contributed by atoms with Crippen molar-refractivity contribution < 1.29 is 24.6 Å². The van der Waals surface area contributed by atoms with Gasteiger partial charge in [-0.3, -0.25) is 9.59 Å². The molecule has 0 aromatic carbocycles. The SMILES string of the molecule is CCCCCC(=O)CC(=O)N[C@@H](C(=O)O)[C@H](C)CO. The van der Waals surface area contributed by atoms with Gasteiger partial charge in [-0.25, -0.2) is 4.79 Å². The fourth-order valence-corrected chi connectivity index (χ4v) is 1.62. The minimum Gasteiger partial charge on any atom is -0.480 e. The van der Waals surface area contributed by atoms with E-state index in [9.17, 15) is 14.4 Å². The summed E-state index contributed by atoms with van der Waals surface area (Å²) >= 11 is 0. The highest BCUT2D eigenvalue weighted by Crippen LogP contribution is 2.05. The summed E-state index contributed by atoms with van der Waals surface area (Å²) in [6.45, 7) is 3.19. The van der Waals surface area contributed by atoms with E-state index >= 15 is 0 Å². The van der Waals surface area contributed by atoms with E-state index in [-0.39, 0.29) is 18.8 Å². The largest absolute Gasteiger partial charge is 0.480 e. The van der Waals surface area contributed by atoms with Gasteiger partial charge in [-0.2, -0.15) is 0 Å². The maximum absolute atomic E-state index is 11.5. The summed E-state index contributed by atoms with van der Waals surface area (Å²) in [5.41, 5.74) is 0. The van der Waals surface area contributed by atoms with Crippen LogP contribution in [0.1, 0.15) is 46.0 Å². The smallest absolute Gasteiger partial charge is 0.326 e. The van der Waals surface area contributed by atoms with E-state index in [2.05, 4.69) is 5.32 Å². The number of Topliss-reactive ketones (excluding diaryl/α,β-unsaturated/α-hetero) is 1. The second kappa shape index (κ2) is 9.49. The average Bonchev–Trinajstić information content (AvgIpc) is 2.35. The van der Waals surface area contributed by atoms with Crippen LogP contribution in [0.2, 0.25) is 0 Å². The molecule has 0 aliphatic heterocycles. The summed E-state index contributed by atoms with van der Waals surface area (Å²) < 4.78 is 0. The number of hydrogen-bond acceptors (Lipinski definition) is 4. The van der Waals surface area contributed by atoms with Gasteiger partial charge in [-0.05, 0) is 6.42 Å². The van der Waals surface area contributed by atoms with Crippen molar-refractivity contribution in [3.8, 4) is 0 Å². The van der Waals surface area contributed by atoms with Crippen LogP contribution in [-0.4, -0.2) is 40.5 Å². The number of carbonyl (C=O) groups is 3. The lowest BCUT2D eigenvalue weighted by molar-refractivity contribution is -0.144. The van der Waals surface area contributed by atoms with E-state index < -0.39 is 23.8 Å². The highest BCUT2D eigenvalue weighted by Gasteiger charge is 2.26. The van der Waals surface area contributed by atoms with Gasteiger partial charge in [0.05, 0.1) is 6.42 Å². The van der Waals surface area contributed by atoms with E-state index in [1.807, 2.05) is 6.92 Å². The Bertz CT molecular complexity index is 316. The molecular formula is C13H23NO5. The van der Waals surface area contributed by atoms with Gasteiger partial charge in [-0.15, -0.1) is 0 Å². The highest BCUT2D eigenvalue weighted by molar-refractivity contribution is 5.99. The number of aliphatic carboxylic acids is 1. The number of rotatable bonds is 10. The molecule has 6 heteroatoms. The average molecular weight is 273 g/mol. The first-order chi connectivity index (χ1) is 8.92. The van der Waals surface area contributed by atoms with Crippen LogP contribution in [0.3, 0.4) is 0 Å². The Morgan fingerprint density at radius 2 is 1.84 bits per heavy atom. The molecule has 0 spiro atoms. The number of nitrogens with one attached hydrogen (secondary N) is 1. The molecule has 2 atom stereocenters. The number of hydrogen-bond donors (Lipinski definition) is 3. The second-order valence-corrected chi connectivity index (χ2v) is 4.72. The predicted molar refractivity (Wildman–Crippen MR) is 69.6 cm³/mol. The van der Waals surface area contributed by atoms with Crippen molar-refractivity contribution >= 4 is 17.7 Å². The van der Waals surface area contributed by atoms with Gasteiger partial charge in [0.1, 0.15) is 11.8 Å². The lowest BCUT2D eigenvalue weighted by Gasteiger charge is -2.19. The van der Waals surface area contributed by atoms with Crippen LogP contribution < -0.4 is 5.32 Å². The molecule has 0 unspecified atom stereocenters. The van der Waals surface area contributed by atoms with Crippen LogP contribution in [0, 0.1) is 5.92 Å². The molecule has 0 bridgehead atoms. The Labute approximate surface area is 113 Å². The lowest BCUT2D eigenvalue weighted by atomic mass is 10.0. The molecule has 0 heterocycles. The normalized spacial score (nSPS) is 13.6. The first-order valence-corrected chi connectivity index (χ1v) is 6.57. The van der Waals surface area contributed by atoms with Crippen LogP contribution >= 0.6 is 0 Å². The molecule has 3 N–H and O–H groups in total. The molecule has 110 valence electrons. The molecule has 19 heavy (non-hydrogen) atoms. The van der Waals surface area contributed by atoms with E-state index in [1.54, 1.807) is 0 Å². The number of carboxylic acids is 1. The topological polar surface area (TPSA) is 104 Å². The highest BCUT2D eigenvalue weighted by atomic mass is 16.4. The number of ketones is 1. The molecule has 0 fully saturated rings. The standard InChI is InChI=1S/C13H23NO5/c1-3-4-5-6-10(16)7-11(17)14-12(13(18)19)9(2)8-15/h9,12,15H,3-8H2,1-2H3,(H,14,17)(H,18,19)/t9-,12-/m1/s1. The number of aliphatic hydroxyl groups excluding tert-OH is 1. The van der Waals surface area contributed by atoms with Crippen molar-refractivity contribution in [1.82, 2.24) is 5.32 Å². The van der Waals surface area contributed by atoms with Crippen LogP contribution in [0.5, 0.6) is 0 Å². The number of unbranched alkanes of at least 4 members (excludes halogenated alkanes) is 2. The molecule has 0 saturated heterocycles. The molecule has 1 amide bonds. The summed E-state index contributed by atoms with van der Waals surface area (Å²) in [6, 6.07) is -1.17. The maximum atomic E-state index is 11.5. The van der Waals surface area contributed by atoms with Crippen molar-refractivity contribution in [2.75, 3.05) is 6.61 Å². The number of carbonyl (C=O) groups excluding carboxylic acids is 2. The minimum absolute atomic E-state index is 0.188. The van der Waals surface area contributed by atoms with Gasteiger partial charge in [0.15, 0.2) is 0 Å². The molecule has 0 rings (SSSR count). The third-order valence-corrected chi connectivity index (χ3v) is 2.86. The third-order valence-electron chi connectivity index (χ3n) is 2.86. The van der Waals surface area contributed by atoms with E-state index in [4.69, 9.17) is 10.2 Å². The summed E-state index contributed by atoms with van der Waals surface area (Å²) in [5, 5.41) is 20.1. The second-order valence-electron chi connectivity index (χ2n) is 4.72. The van der Waals surface area contributed by atoms with Crippen molar-refractivity contribution in [3.63, 3.8) is 0 Å². The van der Waals surface area contributed by atoms with E-state index in [0.29, 0.717) is 6.42 Å². The monoisotopic (exact) mass is 273 g/mol. The van der Waals surface area contributed by atoms with Crippen LogP contribution in [-0.2, 0) is 14.4 Å². The third kappa shape index (κ3) is 7.56. The van der Waals surface area contributed by atoms with E-state index in [0.717, 1.165) is 19.3 Å². The summed E-state index contributed by atoms with van der Waals surface area (Å²) in [5.74, 6) is -2.61. The lowest BCUT2D eigenvalue weighted by Crippen LogP contribution is -2.46. The van der Waals surface area contributed by atoms with Crippen LogP contribution in [0.4, 0.5) is 0 Å². The molecule has 0 aliphatic rings. The maximum Gasteiger partial charge on any atom is 0.326 e. The van der Waals surface area contributed by atoms with Gasteiger partial charge in [0, 0.05) is 18.9 Å². The van der Waals surface area contributed by atoms with Crippen LogP contribution in [0.15, 0.2) is 0 Å². The predicted octanol–water partition coefficient (Wildman–Crippen LogP) is 0.724. The Balaban J connectivity index is 4.19. The first kappa shape index (κ1) is 17.6. The fraction of sp³-hybridized carbons (Fsp3) is 0.769. The molecule has 0 aromatic rings. The zero-order chi connectivity index (χ0) is 14.8. The van der Waals surface area contributed by atoms with Crippen molar-refractivity contribution in [2.24, 2.45) is 5.92 Å². The zero-order valence-corrected chi connectivity index (χ0v) is 11.5. The van der Waals surface area contributed by atoms with E-state index in [1.165, 1.54) is 6.92 Å². The fourth-order valence-electron chi connectivity index (χ4n) is 1.62. The van der Waals surface area contributed by atoms with Crippen molar-refractivity contribution in [3.05, 3.63) is 0 Å². The molecule has 6 nitrogen and oxygen atoms in total. The molecular weight excluding hydrogens is 250 g/mol. The molecule has 0 aliphatic carbocycles. The molecule has 0 saturated carbocycles. The number of carboxylic acid groups (broad SMARTS) is 1. The summed E-state index contributed by atoms with van der Waals surface area (Å²) in [6.07, 6.45) is 2.72. The van der Waals surface area contributed by atoms with Gasteiger partial charge >= 0.3 is 5.97 Å². The number of amides is 1. The summed E-state index contributed by atoms with van der Waals surface area (Å²) in [7, 11) is 0. The summed E-state index contributed by atoms with van der Waals surface area (Å²) in [4.78, 5) is 33.9.